The number of benzene rings is 2. The molecule has 0 saturated carbocycles. The largest absolute Gasteiger partial charge is 0.447 e. The molecule has 0 radical (unpaired) electrons. The Bertz CT molecular complexity index is 1040. The van der Waals surface area contributed by atoms with E-state index in [0.717, 1.165) is 16.7 Å². The molecule has 2 aromatic carbocycles. The maximum atomic E-state index is 12.3. The minimum absolute atomic E-state index is 0.253. The summed E-state index contributed by atoms with van der Waals surface area (Å²) < 4.78 is 5.28. The number of ether oxygens (including phenoxy) is 1. The normalized spacial score (nSPS) is 15.8. The summed E-state index contributed by atoms with van der Waals surface area (Å²) in [6, 6.07) is 18.6. The van der Waals surface area contributed by atoms with Crippen molar-refractivity contribution < 1.29 is 9.53 Å². The van der Waals surface area contributed by atoms with E-state index in [1.165, 1.54) is 0 Å². The Morgan fingerprint density at radius 3 is 2.63 bits per heavy atom. The zero-order valence-electron chi connectivity index (χ0n) is 14.3. The van der Waals surface area contributed by atoms with Gasteiger partial charge in [-0.2, -0.15) is 0 Å². The molecule has 1 aliphatic heterocycles. The topological polar surface area (TPSA) is 42.4 Å². The van der Waals surface area contributed by atoms with E-state index in [1.807, 2.05) is 42.5 Å². The Kier molecular flexibility index (Phi) is 4.78. The van der Waals surface area contributed by atoms with E-state index in [2.05, 4.69) is 16.8 Å². The number of anilines is 1. The number of nitrogens with zero attached hydrogens (tertiary/aromatic N) is 2. The van der Waals surface area contributed by atoms with E-state index in [-0.39, 0.29) is 12.6 Å². The maximum Gasteiger partial charge on any atom is 0.415 e. The lowest BCUT2D eigenvalue weighted by atomic mass is 10.1. The molecule has 4 rings (SSSR count). The zero-order chi connectivity index (χ0) is 18.6. The third-order valence-corrected chi connectivity index (χ3v) is 4.46. The van der Waals surface area contributed by atoms with E-state index in [4.69, 9.17) is 16.3 Å². The summed E-state index contributed by atoms with van der Waals surface area (Å²) in [6.07, 6.45) is 3.04. The molecule has 1 aliphatic rings. The minimum Gasteiger partial charge on any atom is -0.447 e. The first-order valence-electron chi connectivity index (χ1n) is 8.44. The summed E-state index contributed by atoms with van der Waals surface area (Å²) >= 11 is 6.08. The molecule has 1 amide bonds. The van der Waals surface area contributed by atoms with Crippen molar-refractivity contribution in [1.82, 2.24) is 4.98 Å². The van der Waals surface area contributed by atoms with Crippen molar-refractivity contribution in [2.24, 2.45) is 0 Å². The highest BCUT2D eigenvalue weighted by Crippen LogP contribution is 2.34. The third kappa shape index (κ3) is 3.79. The Morgan fingerprint density at radius 1 is 1.00 bits per heavy atom. The number of aromatic nitrogens is 1. The van der Waals surface area contributed by atoms with Gasteiger partial charge >= 0.3 is 6.09 Å². The summed E-state index contributed by atoms with van der Waals surface area (Å²) in [7, 11) is 0. The monoisotopic (exact) mass is 374 g/mol. The Balaban J connectivity index is 1.65. The van der Waals surface area contributed by atoms with E-state index < -0.39 is 6.09 Å². The first-order chi connectivity index (χ1) is 13.2. The van der Waals surface area contributed by atoms with Crippen LogP contribution >= 0.6 is 11.6 Å². The fourth-order valence-corrected chi connectivity index (χ4v) is 3.14. The van der Waals surface area contributed by atoms with Gasteiger partial charge in [0.25, 0.3) is 0 Å². The molecule has 0 aliphatic carbocycles. The van der Waals surface area contributed by atoms with E-state index in [1.54, 1.807) is 35.5 Å². The van der Waals surface area contributed by atoms with Crippen LogP contribution in [0.1, 0.15) is 22.7 Å². The summed E-state index contributed by atoms with van der Waals surface area (Å²) in [5.74, 6) is 6.24. The molecule has 1 saturated heterocycles. The maximum absolute atomic E-state index is 12.3. The van der Waals surface area contributed by atoms with Gasteiger partial charge in [0, 0.05) is 34.2 Å². The Labute approximate surface area is 162 Å². The lowest BCUT2D eigenvalue weighted by Crippen LogP contribution is -2.27. The highest BCUT2D eigenvalue weighted by molar-refractivity contribution is 6.30. The third-order valence-electron chi connectivity index (χ3n) is 4.23. The molecule has 3 aromatic rings. The number of pyridine rings is 1. The van der Waals surface area contributed by atoms with Crippen molar-refractivity contribution in [3.63, 3.8) is 0 Å². The molecule has 4 nitrogen and oxygen atoms in total. The van der Waals surface area contributed by atoms with Crippen molar-refractivity contribution in [3.8, 4) is 11.8 Å². The lowest BCUT2D eigenvalue weighted by molar-refractivity contribution is 0.179. The molecule has 27 heavy (non-hydrogen) atoms. The number of rotatable bonds is 2. The van der Waals surface area contributed by atoms with Crippen molar-refractivity contribution in [3.05, 3.63) is 94.8 Å². The number of carbonyl (C=O) groups is 1. The number of cyclic esters (lactones) is 1. The summed E-state index contributed by atoms with van der Waals surface area (Å²) in [4.78, 5) is 18.2. The number of amides is 1. The van der Waals surface area contributed by atoms with Crippen LogP contribution in [0.5, 0.6) is 0 Å². The van der Waals surface area contributed by atoms with Crippen LogP contribution in [0.2, 0.25) is 5.02 Å². The van der Waals surface area contributed by atoms with Crippen LogP contribution < -0.4 is 4.90 Å². The fourth-order valence-electron chi connectivity index (χ4n) is 2.95. The van der Waals surface area contributed by atoms with Gasteiger partial charge in [-0.05, 0) is 42.0 Å². The van der Waals surface area contributed by atoms with Gasteiger partial charge in [-0.25, -0.2) is 4.79 Å². The smallest absolute Gasteiger partial charge is 0.415 e. The molecule has 0 bridgehead atoms. The first kappa shape index (κ1) is 17.1. The predicted octanol–water partition coefficient (Wildman–Crippen LogP) is 4.83. The predicted molar refractivity (Wildman–Crippen MR) is 105 cm³/mol. The molecule has 0 spiro atoms. The van der Waals surface area contributed by atoms with Crippen LogP contribution in [-0.2, 0) is 4.74 Å². The number of hydrogen-bond acceptors (Lipinski definition) is 3. The molecule has 1 aromatic heterocycles. The standard InChI is InChI=1S/C22H15ClN2O2/c23-19-7-4-8-20(12-19)25-21(15-27-22(25)26)18-11-17(13-24-14-18)10-9-16-5-2-1-3-6-16/h1-8,11-14,21H,15H2. The second-order valence-electron chi connectivity index (χ2n) is 6.07. The lowest BCUT2D eigenvalue weighted by Gasteiger charge is -2.21. The molecular weight excluding hydrogens is 360 g/mol. The van der Waals surface area contributed by atoms with Crippen LogP contribution in [0.15, 0.2) is 73.1 Å². The summed E-state index contributed by atoms with van der Waals surface area (Å²) in [5.41, 5.74) is 3.26. The van der Waals surface area contributed by atoms with Crippen molar-refractivity contribution in [2.45, 2.75) is 6.04 Å². The van der Waals surface area contributed by atoms with Crippen LogP contribution in [-0.4, -0.2) is 17.7 Å². The highest BCUT2D eigenvalue weighted by Gasteiger charge is 2.35. The van der Waals surface area contributed by atoms with Crippen molar-refractivity contribution in [1.29, 1.82) is 0 Å². The minimum atomic E-state index is -0.400. The zero-order valence-corrected chi connectivity index (χ0v) is 15.1. The number of carbonyl (C=O) groups excluding carboxylic acids is 1. The molecule has 2 heterocycles. The number of halogens is 1. The van der Waals surface area contributed by atoms with Gasteiger partial charge < -0.3 is 4.74 Å². The average molecular weight is 375 g/mol. The van der Waals surface area contributed by atoms with Gasteiger partial charge in [0.05, 0.1) is 0 Å². The van der Waals surface area contributed by atoms with Crippen molar-refractivity contribution in [2.75, 3.05) is 11.5 Å². The van der Waals surface area contributed by atoms with E-state index >= 15 is 0 Å². The van der Waals surface area contributed by atoms with Gasteiger partial charge in [-0.3, -0.25) is 9.88 Å². The SMILES string of the molecule is O=C1OCC(c2cncc(C#Cc3ccccc3)c2)N1c1cccc(Cl)c1. The van der Waals surface area contributed by atoms with E-state index in [0.29, 0.717) is 10.7 Å². The molecule has 1 fully saturated rings. The van der Waals surface area contributed by atoms with Gasteiger partial charge in [-0.1, -0.05) is 47.7 Å². The van der Waals surface area contributed by atoms with Crippen LogP contribution in [0.25, 0.3) is 0 Å². The van der Waals surface area contributed by atoms with Crippen molar-refractivity contribution >= 4 is 23.4 Å². The highest BCUT2D eigenvalue weighted by atomic mass is 35.5. The molecule has 1 unspecified atom stereocenters. The summed E-state index contributed by atoms with van der Waals surface area (Å²) in [5, 5.41) is 0.562. The van der Waals surface area contributed by atoms with Crippen LogP contribution in [0.4, 0.5) is 10.5 Å². The van der Waals surface area contributed by atoms with Gasteiger partial charge in [-0.15, -0.1) is 0 Å². The summed E-state index contributed by atoms with van der Waals surface area (Å²) in [6.45, 7) is 0.253. The second kappa shape index (κ2) is 7.53. The molecule has 1 atom stereocenters. The first-order valence-corrected chi connectivity index (χ1v) is 8.82. The Hall–Kier alpha value is -3.29. The molecular formula is C22H15ClN2O2. The Morgan fingerprint density at radius 2 is 1.81 bits per heavy atom. The molecule has 132 valence electrons. The quantitative estimate of drug-likeness (QED) is 0.603. The van der Waals surface area contributed by atoms with Crippen LogP contribution in [0, 0.1) is 11.8 Å². The number of hydrogen-bond donors (Lipinski definition) is 0. The van der Waals surface area contributed by atoms with Gasteiger partial charge in [0.2, 0.25) is 0 Å². The van der Waals surface area contributed by atoms with Crippen LogP contribution in [0.3, 0.4) is 0 Å². The van der Waals surface area contributed by atoms with E-state index in [9.17, 15) is 4.79 Å². The van der Waals surface area contributed by atoms with Gasteiger partial charge in [0.15, 0.2) is 0 Å². The second-order valence-corrected chi connectivity index (χ2v) is 6.50. The van der Waals surface area contributed by atoms with Gasteiger partial charge in [0.1, 0.15) is 12.6 Å². The fraction of sp³-hybridized carbons (Fsp3) is 0.0909. The molecule has 5 heteroatoms. The average Bonchev–Trinajstić information content (AvgIpc) is 3.09. The molecule has 0 N–H and O–H groups in total.